The Balaban J connectivity index is 2.35. The lowest BCUT2D eigenvalue weighted by molar-refractivity contribution is -0.00461. The minimum Gasteiger partial charge on any atom is -0.398 e. The average molecular weight is 335 g/mol. The molecule has 0 radical (unpaired) electrons. The van der Waals surface area contributed by atoms with Crippen molar-refractivity contribution in [1.82, 2.24) is 4.31 Å². The van der Waals surface area contributed by atoms with Gasteiger partial charge in [0.1, 0.15) is 0 Å². The van der Waals surface area contributed by atoms with Crippen LogP contribution in [0.1, 0.15) is 5.56 Å². The second-order valence-electron chi connectivity index (χ2n) is 4.99. The standard InChI is InChI=1S/C13H19ClN2O4S/c1-8-10(14)4-9(5-11(8)15)21(17,18)16-6-12(19-2)13(7-16)20-3/h4-5,12-13H,6-7,15H2,1-3H3. The van der Waals surface area contributed by atoms with Crippen LogP contribution < -0.4 is 5.73 Å². The molecule has 21 heavy (non-hydrogen) atoms. The fourth-order valence-electron chi connectivity index (χ4n) is 2.33. The molecule has 2 rings (SSSR count). The Morgan fingerprint density at radius 3 is 2.19 bits per heavy atom. The van der Waals surface area contributed by atoms with E-state index >= 15 is 0 Å². The number of halogens is 1. The van der Waals surface area contributed by atoms with Crippen LogP contribution in [0, 0.1) is 6.92 Å². The second kappa shape index (κ2) is 6.10. The molecule has 118 valence electrons. The maximum atomic E-state index is 12.7. The lowest BCUT2D eigenvalue weighted by Crippen LogP contribution is -2.30. The van der Waals surface area contributed by atoms with Crippen LogP contribution in [0.3, 0.4) is 0 Å². The minimum absolute atomic E-state index is 0.0854. The first-order valence-corrected chi connectivity index (χ1v) is 8.24. The first kappa shape index (κ1) is 16.5. The van der Waals surface area contributed by atoms with E-state index in [-0.39, 0.29) is 30.2 Å². The van der Waals surface area contributed by atoms with Crippen LogP contribution >= 0.6 is 11.6 Å². The Hall–Kier alpha value is -0.860. The fourth-order valence-corrected chi connectivity index (χ4v) is 4.15. The number of nitrogens with two attached hydrogens (primary N) is 1. The van der Waals surface area contributed by atoms with Crippen molar-refractivity contribution in [3.05, 3.63) is 22.7 Å². The van der Waals surface area contributed by atoms with Crippen LogP contribution in [0.4, 0.5) is 5.69 Å². The molecule has 1 aliphatic rings. The van der Waals surface area contributed by atoms with Crippen LogP contribution in [0.2, 0.25) is 5.02 Å². The molecule has 2 N–H and O–H groups in total. The molecule has 2 unspecified atom stereocenters. The van der Waals surface area contributed by atoms with E-state index < -0.39 is 10.0 Å². The number of rotatable bonds is 4. The lowest BCUT2D eigenvalue weighted by Gasteiger charge is -2.17. The third-order valence-electron chi connectivity index (χ3n) is 3.78. The topological polar surface area (TPSA) is 81.9 Å². The molecule has 0 aromatic heterocycles. The third kappa shape index (κ3) is 3.02. The maximum absolute atomic E-state index is 12.7. The number of methoxy groups -OCH3 is 2. The summed E-state index contributed by atoms with van der Waals surface area (Å²) < 4.78 is 37.2. The number of anilines is 1. The van der Waals surface area contributed by atoms with Gasteiger partial charge in [-0.05, 0) is 24.6 Å². The minimum atomic E-state index is -3.68. The largest absolute Gasteiger partial charge is 0.398 e. The van der Waals surface area contributed by atoms with Crippen LogP contribution in [0.5, 0.6) is 0 Å². The molecule has 0 bridgehead atoms. The van der Waals surface area contributed by atoms with Crippen LogP contribution in [0.25, 0.3) is 0 Å². The van der Waals surface area contributed by atoms with Gasteiger partial charge in [0.15, 0.2) is 0 Å². The number of hydrogen-bond donors (Lipinski definition) is 1. The molecular formula is C13H19ClN2O4S. The van der Waals surface area contributed by atoms with Gasteiger partial charge >= 0.3 is 0 Å². The van der Waals surface area contributed by atoms with Gasteiger partial charge in [0.25, 0.3) is 0 Å². The van der Waals surface area contributed by atoms with E-state index in [0.717, 1.165) is 0 Å². The Bertz CT molecular complexity index is 600. The third-order valence-corrected chi connectivity index (χ3v) is 5.99. The highest BCUT2D eigenvalue weighted by Crippen LogP contribution is 2.30. The highest BCUT2D eigenvalue weighted by Gasteiger charge is 2.40. The molecule has 0 saturated carbocycles. The average Bonchev–Trinajstić information content (AvgIpc) is 2.88. The van der Waals surface area contributed by atoms with Gasteiger partial charge in [-0.3, -0.25) is 0 Å². The predicted molar refractivity (Wildman–Crippen MR) is 81.0 cm³/mol. The summed E-state index contributed by atoms with van der Waals surface area (Å²) in [6.45, 7) is 2.22. The van der Waals surface area contributed by atoms with Crippen LogP contribution in [-0.2, 0) is 19.5 Å². The Morgan fingerprint density at radius 2 is 1.76 bits per heavy atom. The summed E-state index contributed by atoms with van der Waals surface area (Å²) >= 11 is 6.03. The molecular weight excluding hydrogens is 316 g/mol. The molecule has 1 aromatic carbocycles. The van der Waals surface area contributed by atoms with E-state index in [4.69, 9.17) is 26.8 Å². The monoisotopic (exact) mass is 334 g/mol. The van der Waals surface area contributed by atoms with E-state index in [1.54, 1.807) is 6.92 Å². The van der Waals surface area contributed by atoms with Crippen LogP contribution in [-0.4, -0.2) is 52.2 Å². The van der Waals surface area contributed by atoms with Gasteiger partial charge in [0.05, 0.1) is 17.1 Å². The predicted octanol–water partition coefficient (Wildman–Crippen LogP) is 1.26. The Morgan fingerprint density at radius 1 is 1.24 bits per heavy atom. The van der Waals surface area contributed by atoms with Crippen LogP contribution in [0.15, 0.2) is 17.0 Å². The number of ether oxygens (including phenoxy) is 2. The van der Waals surface area contributed by atoms with Gasteiger partial charge in [0, 0.05) is 38.0 Å². The number of sulfonamides is 1. The molecule has 1 aliphatic heterocycles. The molecule has 1 fully saturated rings. The highest BCUT2D eigenvalue weighted by atomic mass is 35.5. The molecule has 1 heterocycles. The zero-order valence-corrected chi connectivity index (χ0v) is 13.7. The molecule has 1 aromatic rings. The lowest BCUT2D eigenvalue weighted by atomic mass is 10.2. The number of hydrogen-bond acceptors (Lipinski definition) is 5. The van der Waals surface area contributed by atoms with E-state index in [1.807, 2.05) is 0 Å². The normalized spacial score (nSPS) is 23.6. The zero-order chi connectivity index (χ0) is 15.8. The van der Waals surface area contributed by atoms with Gasteiger partial charge in [-0.1, -0.05) is 11.6 Å². The summed E-state index contributed by atoms with van der Waals surface area (Å²) in [6.07, 6.45) is -0.578. The van der Waals surface area contributed by atoms with Crippen molar-refractivity contribution in [2.24, 2.45) is 0 Å². The van der Waals surface area contributed by atoms with Crippen molar-refractivity contribution in [2.75, 3.05) is 33.0 Å². The summed E-state index contributed by atoms with van der Waals surface area (Å²) in [6, 6.07) is 2.85. The van der Waals surface area contributed by atoms with Gasteiger partial charge in [-0.15, -0.1) is 0 Å². The molecule has 1 saturated heterocycles. The van der Waals surface area contributed by atoms with Crippen molar-refractivity contribution in [1.29, 1.82) is 0 Å². The Kier molecular flexibility index (Phi) is 4.79. The quantitative estimate of drug-likeness (QED) is 0.838. The van der Waals surface area contributed by atoms with E-state index in [9.17, 15) is 8.42 Å². The Labute approximate surface area is 129 Å². The molecule has 0 amide bonds. The second-order valence-corrected chi connectivity index (χ2v) is 7.33. The summed E-state index contributed by atoms with van der Waals surface area (Å²) in [4.78, 5) is 0.0854. The summed E-state index contributed by atoms with van der Waals surface area (Å²) in [5, 5.41) is 0.333. The molecule has 6 nitrogen and oxygen atoms in total. The molecule has 0 spiro atoms. The van der Waals surface area contributed by atoms with Crippen molar-refractivity contribution >= 4 is 27.3 Å². The molecule has 8 heteroatoms. The molecule has 0 aliphatic carbocycles. The maximum Gasteiger partial charge on any atom is 0.243 e. The first-order chi connectivity index (χ1) is 9.81. The van der Waals surface area contributed by atoms with Crippen molar-refractivity contribution in [2.45, 2.75) is 24.0 Å². The number of benzene rings is 1. The van der Waals surface area contributed by atoms with Crippen molar-refractivity contribution in [3.8, 4) is 0 Å². The number of nitrogen functional groups attached to an aromatic ring is 1. The van der Waals surface area contributed by atoms with Crippen molar-refractivity contribution in [3.63, 3.8) is 0 Å². The van der Waals surface area contributed by atoms with E-state index in [0.29, 0.717) is 16.3 Å². The first-order valence-electron chi connectivity index (χ1n) is 6.42. The smallest absolute Gasteiger partial charge is 0.243 e. The summed E-state index contributed by atoms with van der Waals surface area (Å²) in [7, 11) is -0.607. The van der Waals surface area contributed by atoms with Crippen molar-refractivity contribution < 1.29 is 17.9 Å². The molecule has 2 atom stereocenters. The highest BCUT2D eigenvalue weighted by molar-refractivity contribution is 7.89. The van der Waals surface area contributed by atoms with E-state index in [2.05, 4.69) is 0 Å². The summed E-state index contributed by atoms with van der Waals surface area (Å²) in [5.41, 5.74) is 6.83. The van der Waals surface area contributed by atoms with E-state index in [1.165, 1.54) is 30.7 Å². The number of nitrogens with zero attached hydrogens (tertiary/aromatic N) is 1. The van der Waals surface area contributed by atoms with Gasteiger partial charge in [0.2, 0.25) is 10.0 Å². The summed E-state index contributed by atoms with van der Waals surface area (Å²) in [5.74, 6) is 0. The zero-order valence-electron chi connectivity index (χ0n) is 12.2. The van der Waals surface area contributed by atoms with Gasteiger partial charge in [-0.25, -0.2) is 8.42 Å². The SMILES string of the molecule is COC1CN(S(=O)(=O)c2cc(N)c(C)c(Cl)c2)CC1OC. The van der Waals surface area contributed by atoms with Gasteiger partial charge in [-0.2, -0.15) is 4.31 Å². The fraction of sp³-hybridized carbons (Fsp3) is 0.538. The van der Waals surface area contributed by atoms with Gasteiger partial charge < -0.3 is 15.2 Å².